The molecular formula is C23H29BrCl4Si2. The van der Waals surface area contributed by atoms with Crippen molar-refractivity contribution < 1.29 is 0 Å². The first-order chi connectivity index (χ1) is 13.2. The zero-order chi connectivity index (χ0) is 22.8. The summed E-state index contributed by atoms with van der Waals surface area (Å²) < 4.78 is 0.758. The predicted octanol–water partition coefficient (Wildman–Crippen LogP) is 10.1. The van der Waals surface area contributed by atoms with Gasteiger partial charge in [0.1, 0.15) is 16.1 Å². The molecule has 164 valence electrons. The van der Waals surface area contributed by atoms with Crippen molar-refractivity contribution in [1.82, 2.24) is 0 Å². The zero-order valence-corrected chi connectivity index (χ0v) is 24.0. The van der Waals surface area contributed by atoms with Crippen LogP contribution in [0, 0.1) is 23.4 Å². The van der Waals surface area contributed by atoms with Crippen molar-refractivity contribution in [3.05, 3.63) is 66.5 Å². The van der Waals surface area contributed by atoms with Crippen molar-refractivity contribution in [2.75, 3.05) is 0 Å². The van der Waals surface area contributed by atoms with Crippen LogP contribution in [0.2, 0.25) is 59.4 Å². The molecule has 7 heteroatoms. The van der Waals surface area contributed by atoms with Crippen LogP contribution in [0.1, 0.15) is 13.0 Å². The zero-order valence-electron chi connectivity index (χ0n) is 17.4. The Morgan fingerprint density at radius 3 is 1.33 bits per heavy atom. The number of hydrogen-bond donors (Lipinski definition) is 0. The normalized spacial score (nSPS) is 9.93. The molecule has 0 unspecified atom stereocenters. The van der Waals surface area contributed by atoms with Crippen molar-refractivity contribution in [3.8, 4) is 23.4 Å². The SMILES string of the molecule is C.C#C[Si](C)(C)C.C[Si](C)(C)C#Cc1c(Cl)cccc1Cl.Clc1cccc(Cl)c1Br. The quantitative estimate of drug-likeness (QED) is 0.165. The molecule has 0 atom stereocenters. The van der Waals surface area contributed by atoms with E-state index in [-0.39, 0.29) is 7.43 Å². The van der Waals surface area contributed by atoms with E-state index in [0.29, 0.717) is 20.1 Å². The van der Waals surface area contributed by atoms with Crippen LogP contribution in [0.25, 0.3) is 0 Å². The standard InChI is InChI=1S/C11H12Cl2Si.C6H3BrCl2.C5H10Si.CH4/c1-14(2,3)8-7-9-10(12)5-4-6-11(9)13;7-6-4(8)2-1-3-5(6)9;1-5-6(2,3)4;/h4-6H,1-3H3;1-3H;1H,2-4H3;1H4. The summed E-state index contributed by atoms with van der Waals surface area (Å²) in [5.41, 5.74) is 6.73. The van der Waals surface area contributed by atoms with Crippen LogP contribution in [-0.4, -0.2) is 16.1 Å². The van der Waals surface area contributed by atoms with Gasteiger partial charge in [0.2, 0.25) is 0 Å². The van der Waals surface area contributed by atoms with Gasteiger partial charge in [-0.3, -0.25) is 0 Å². The van der Waals surface area contributed by atoms with Gasteiger partial charge in [-0.1, -0.05) is 111 Å². The van der Waals surface area contributed by atoms with Crippen LogP contribution in [0.4, 0.5) is 0 Å². The lowest BCUT2D eigenvalue weighted by Crippen LogP contribution is -2.16. The van der Waals surface area contributed by atoms with E-state index >= 15 is 0 Å². The molecule has 0 aromatic heterocycles. The fourth-order valence-corrected chi connectivity index (χ4v) is 3.00. The lowest BCUT2D eigenvalue weighted by molar-refractivity contribution is 1.64. The molecular weight excluding hydrogens is 554 g/mol. The number of rotatable bonds is 0. The van der Waals surface area contributed by atoms with Gasteiger partial charge in [0.15, 0.2) is 0 Å². The molecule has 2 rings (SSSR count). The Labute approximate surface area is 213 Å². The van der Waals surface area contributed by atoms with Crippen LogP contribution in [0.3, 0.4) is 0 Å². The van der Waals surface area contributed by atoms with Gasteiger partial charge in [-0.15, -0.1) is 17.5 Å². The average molecular weight is 583 g/mol. The fraction of sp³-hybridized carbons (Fsp3) is 0.304. The summed E-state index contributed by atoms with van der Waals surface area (Å²) in [7, 11) is -2.47. The van der Waals surface area contributed by atoms with Crippen molar-refractivity contribution >= 4 is 78.5 Å². The van der Waals surface area contributed by atoms with Gasteiger partial charge in [-0.25, -0.2) is 0 Å². The Balaban J connectivity index is 0. The summed E-state index contributed by atoms with van der Waals surface area (Å²) in [5.74, 6) is 3.07. The van der Waals surface area contributed by atoms with Crippen molar-refractivity contribution in [3.63, 3.8) is 0 Å². The maximum Gasteiger partial charge on any atom is 0.129 e. The average Bonchev–Trinajstić information content (AvgIpc) is 2.59. The largest absolute Gasteiger partial charge is 0.135 e. The lowest BCUT2D eigenvalue weighted by atomic mass is 10.2. The second kappa shape index (κ2) is 14.6. The Morgan fingerprint density at radius 1 is 0.733 bits per heavy atom. The molecule has 0 amide bonds. The van der Waals surface area contributed by atoms with E-state index in [1.807, 2.05) is 18.2 Å². The van der Waals surface area contributed by atoms with Gasteiger partial charge in [0.05, 0.1) is 30.1 Å². The molecule has 0 saturated carbocycles. The van der Waals surface area contributed by atoms with Gasteiger partial charge < -0.3 is 0 Å². The number of terminal acetylenes is 1. The summed E-state index contributed by atoms with van der Waals surface area (Å²) in [6.07, 6.45) is 5.12. The Bertz CT molecular complexity index is 872. The third kappa shape index (κ3) is 14.6. The highest BCUT2D eigenvalue weighted by molar-refractivity contribution is 9.10. The minimum atomic E-state index is -1.36. The fourth-order valence-electron chi connectivity index (χ4n) is 1.34. The molecule has 2 aromatic carbocycles. The van der Waals surface area contributed by atoms with Crippen LogP contribution in [-0.2, 0) is 0 Å². The van der Waals surface area contributed by atoms with E-state index in [1.54, 1.807) is 18.2 Å². The second-order valence-electron chi connectivity index (χ2n) is 8.03. The second-order valence-corrected chi connectivity index (χ2v) is 20.0. The van der Waals surface area contributed by atoms with Gasteiger partial charge in [-0.05, 0) is 40.2 Å². The lowest BCUT2D eigenvalue weighted by Gasteiger charge is -2.04. The molecule has 0 saturated heterocycles. The van der Waals surface area contributed by atoms with E-state index in [1.165, 1.54) is 0 Å². The van der Waals surface area contributed by atoms with Crippen molar-refractivity contribution in [1.29, 1.82) is 0 Å². The number of hydrogen-bond acceptors (Lipinski definition) is 0. The Kier molecular flexibility index (Phi) is 15.5. The summed E-state index contributed by atoms with van der Waals surface area (Å²) in [6, 6.07) is 10.8. The smallest absolute Gasteiger partial charge is 0.129 e. The third-order valence-corrected chi connectivity index (χ3v) is 7.17. The molecule has 0 aliphatic rings. The molecule has 0 spiro atoms. The van der Waals surface area contributed by atoms with Gasteiger partial charge in [0.25, 0.3) is 0 Å². The number of benzene rings is 2. The topological polar surface area (TPSA) is 0 Å². The molecule has 30 heavy (non-hydrogen) atoms. The Morgan fingerprint density at radius 2 is 1.07 bits per heavy atom. The first-order valence-corrected chi connectivity index (χ1v) is 18.0. The summed E-state index contributed by atoms with van der Waals surface area (Å²) >= 11 is 26.6. The molecule has 0 heterocycles. The van der Waals surface area contributed by atoms with Crippen molar-refractivity contribution in [2.24, 2.45) is 0 Å². The van der Waals surface area contributed by atoms with E-state index in [9.17, 15) is 0 Å². The summed E-state index contributed by atoms with van der Waals surface area (Å²) in [5, 5.41) is 2.54. The maximum atomic E-state index is 5.99. The highest BCUT2D eigenvalue weighted by Crippen LogP contribution is 2.29. The molecule has 0 aliphatic heterocycles. The van der Waals surface area contributed by atoms with E-state index < -0.39 is 16.1 Å². The Hall–Kier alpha value is -0.366. The van der Waals surface area contributed by atoms with Crippen LogP contribution < -0.4 is 0 Å². The van der Waals surface area contributed by atoms with E-state index in [0.717, 1.165) is 10.0 Å². The summed E-state index contributed by atoms with van der Waals surface area (Å²) in [4.78, 5) is 0. The highest BCUT2D eigenvalue weighted by atomic mass is 79.9. The highest BCUT2D eigenvalue weighted by Gasteiger charge is 2.09. The molecule has 0 fully saturated rings. The van der Waals surface area contributed by atoms with Gasteiger partial charge in [-0.2, -0.15) is 0 Å². The minimum absolute atomic E-state index is 0. The van der Waals surface area contributed by atoms with E-state index in [2.05, 4.69) is 72.2 Å². The molecule has 0 nitrogen and oxygen atoms in total. The monoisotopic (exact) mass is 580 g/mol. The molecule has 0 aliphatic carbocycles. The first-order valence-electron chi connectivity index (χ1n) is 8.72. The molecule has 0 N–H and O–H groups in total. The third-order valence-electron chi connectivity index (χ3n) is 2.86. The molecule has 0 bridgehead atoms. The predicted molar refractivity (Wildman–Crippen MR) is 150 cm³/mol. The van der Waals surface area contributed by atoms with Crippen LogP contribution in [0.5, 0.6) is 0 Å². The van der Waals surface area contributed by atoms with Gasteiger partial charge in [0, 0.05) is 0 Å². The van der Waals surface area contributed by atoms with Crippen LogP contribution >= 0.6 is 62.3 Å². The van der Waals surface area contributed by atoms with Crippen LogP contribution in [0.15, 0.2) is 40.9 Å². The first kappa shape index (κ1) is 31.8. The minimum Gasteiger partial charge on any atom is -0.135 e. The molecule has 0 radical (unpaired) electrons. The maximum absolute atomic E-state index is 5.99. The van der Waals surface area contributed by atoms with E-state index in [4.69, 9.17) is 52.8 Å². The van der Waals surface area contributed by atoms with Gasteiger partial charge >= 0.3 is 0 Å². The van der Waals surface area contributed by atoms with Crippen molar-refractivity contribution in [2.45, 2.75) is 46.7 Å². The summed E-state index contributed by atoms with van der Waals surface area (Å²) in [6.45, 7) is 13.0. The number of halogens is 5. The molecule has 2 aromatic rings.